The number of nitrogens with zero attached hydrogens (tertiary/aromatic N) is 2. The fraction of sp³-hybridized carbons (Fsp3) is 0.727. The van der Waals surface area contributed by atoms with Gasteiger partial charge in [-0.2, -0.15) is 9.40 Å². The Balaban J connectivity index is 3.12. The Morgan fingerprint density at radius 2 is 2.26 bits per heavy atom. The van der Waals surface area contributed by atoms with Crippen molar-refractivity contribution in [3.8, 4) is 0 Å². The first-order chi connectivity index (χ1) is 8.98. The maximum Gasteiger partial charge on any atom is 0.260 e. The minimum absolute atomic E-state index is 0.0754. The number of rotatable bonds is 8. The quantitative estimate of drug-likeness (QED) is 0.717. The molecule has 0 fully saturated rings. The highest BCUT2D eigenvalue weighted by atomic mass is 32.2. The van der Waals surface area contributed by atoms with E-state index in [9.17, 15) is 8.42 Å². The molecule has 0 spiro atoms. The summed E-state index contributed by atoms with van der Waals surface area (Å²) in [5, 5.41) is 6.37. The van der Waals surface area contributed by atoms with Gasteiger partial charge in [-0.1, -0.05) is 6.92 Å². The number of hydrogen-bond acceptors (Lipinski definition) is 5. The molecule has 1 unspecified atom stereocenters. The maximum absolute atomic E-state index is 12.6. The lowest BCUT2D eigenvalue weighted by Gasteiger charge is -2.27. The summed E-state index contributed by atoms with van der Waals surface area (Å²) < 4.78 is 31.6. The molecule has 0 saturated carbocycles. The highest BCUT2D eigenvalue weighted by Gasteiger charge is 2.31. The molecular formula is C11H22N4O3S. The second-order valence-electron chi connectivity index (χ2n) is 4.29. The Morgan fingerprint density at radius 1 is 1.58 bits per heavy atom. The first-order valence-corrected chi connectivity index (χ1v) is 7.66. The lowest BCUT2D eigenvalue weighted by atomic mass is 10.3. The van der Waals surface area contributed by atoms with Crippen LogP contribution < -0.4 is 5.73 Å². The van der Waals surface area contributed by atoms with Crippen LogP contribution in [0.2, 0.25) is 0 Å². The molecule has 1 rings (SSSR count). The second kappa shape index (κ2) is 6.99. The number of H-pyrrole nitrogens is 1. The molecule has 1 aromatic rings. The van der Waals surface area contributed by atoms with Crippen molar-refractivity contribution in [2.45, 2.75) is 37.9 Å². The van der Waals surface area contributed by atoms with Gasteiger partial charge < -0.3 is 10.5 Å². The molecule has 3 N–H and O–H groups in total. The summed E-state index contributed by atoms with van der Waals surface area (Å²) in [6, 6.07) is -0.117. The van der Waals surface area contributed by atoms with Gasteiger partial charge in [0, 0.05) is 31.8 Å². The van der Waals surface area contributed by atoms with E-state index in [1.807, 2.05) is 13.8 Å². The van der Waals surface area contributed by atoms with E-state index in [1.165, 1.54) is 10.5 Å². The van der Waals surface area contributed by atoms with Crippen LogP contribution in [0.15, 0.2) is 11.2 Å². The van der Waals surface area contributed by atoms with Crippen molar-refractivity contribution in [2.75, 3.05) is 20.3 Å². The molecule has 1 heterocycles. The van der Waals surface area contributed by atoms with Gasteiger partial charge in [0.1, 0.15) is 0 Å². The molecule has 7 nitrogen and oxygen atoms in total. The zero-order valence-corrected chi connectivity index (χ0v) is 12.4. The molecule has 1 atom stereocenters. The summed E-state index contributed by atoms with van der Waals surface area (Å²) >= 11 is 0. The molecule has 1 aromatic heterocycles. The van der Waals surface area contributed by atoms with E-state index < -0.39 is 10.0 Å². The van der Waals surface area contributed by atoms with Crippen LogP contribution in [0.3, 0.4) is 0 Å². The SMILES string of the molecule is CCC(C)N(CCOC)S(=O)(=O)c1[nH]ncc1CN. The number of sulfonamides is 1. The smallest absolute Gasteiger partial charge is 0.260 e. The van der Waals surface area contributed by atoms with E-state index >= 15 is 0 Å². The predicted octanol–water partition coefficient (Wildman–Crippen LogP) is 0.304. The number of nitrogens with two attached hydrogens (primary N) is 1. The molecule has 0 aromatic carbocycles. The minimum atomic E-state index is -3.63. The Hall–Kier alpha value is -0.960. The Labute approximate surface area is 114 Å². The Kier molecular flexibility index (Phi) is 5.92. The van der Waals surface area contributed by atoms with Crippen LogP contribution in [0.4, 0.5) is 0 Å². The molecule has 0 bridgehead atoms. The Morgan fingerprint density at radius 3 is 2.79 bits per heavy atom. The van der Waals surface area contributed by atoms with Gasteiger partial charge in [0.05, 0.1) is 12.8 Å². The summed E-state index contributed by atoms with van der Waals surface area (Å²) in [7, 11) is -2.08. The van der Waals surface area contributed by atoms with Gasteiger partial charge >= 0.3 is 0 Å². The third-order valence-corrected chi connectivity index (χ3v) is 5.09. The lowest BCUT2D eigenvalue weighted by Crippen LogP contribution is -2.41. The molecule has 0 amide bonds. The molecule has 0 radical (unpaired) electrons. The van der Waals surface area contributed by atoms with Crippen LogP contribution in [-0.2, 0) is 21.3 Å². The van der Waals surface area contributed by atoms with Gasteiger partial charge in [0.25, 0.3) is 10.0 Å². The van der Waals surface area contributed by atoms with Crippen molar-refractivity contribution in [1.82, 2.24) is 14.5 Å². The molecule has 0 aliphatic carbocycles. The molecule has 0 aliphatic rings. The van der Waals surface area contributed by atoms with Crippen LogP contribution in [0.5, 0.6) is 0 Å². The zero-order valence-electron chi connectivity index (χ0n) is 11.6. The Bertz CT molecular complexity index is 486. The van der Waals surface area contributed by atoms with Gasteiger partial charge in [-0.15, -0.1) is 0 Å². The third kappa shape index (κ3) is 3.53. The average molecular weight is 290 g/mol. The predicted molar refractivity (Wildman–Crippen MR) is 72.0 cm³/mol. The number of hydrogen-bond donors (Lipinski definition) is 2. The van der Waals surface area contributed by atoms with Crippen LogP contribution >= 0.6 is 0 Å². The first kappa shape index (κ1) is 16.1. The van der Waals surface area contributed by atoms with E-state index in [-0.39, 0.29) is 17.6 Å². The highest BCUT2D eigenvalue weighted by Crippen LogP contribution is 2.20. The van der Waals surface area contributed by atoms with Gasteiger partial charge in [-0.05, 0) is 13.3 Å². The highest BCUT2D eigenvalue weighted by molar-refractivity contribution is 7.89. The monoisotopic (exact) mass is 290 g/mol. The van der Waals surface area contributed by atoms with Gasteiger partial charge in [0.15, 0.2) is 5.03 Å². The minimum Gasteiger partial charge on any atom is -0.383 e. The topological polar surface area (TPSA) is 101 Å². The molecular weight excluding hydrogens is 268 g/mol. The largest absolute Gasteiger partial charge is 0.383 e. The number of methoxy groups -OCH3 is 1. The molecule has 8 heteroatoms. The van der Waals surface area contributed by atoms with E-state index in [4.69, 9.17) is 10.5 Å². The number of aromatic amines is 1. The molecule has 0 saturated heterocycles. The van der Waals surface area contributed by atoms with Crippen molar-refractivity contribution in [2.24, 2.45) is 5.73 Å². The fourth-order valence-electron chi connectivity index (χ4n) is 1.75. The summed E-state index contributed by atoms with van der Waals surface area (Å²) in [5.74, 6) is 0. The normalized spacial score (nSPS) is 13.9. The van der Waals surface area contributed by atoms with E-state index in [0.29, 0.717) is 18.7 Å². The average Bonchev–Trinajstić information content (AvgIpc) is 2.87. The van der Waals surface area contributed by atoms with Crippen LogP contribution in [0.1, 0.15) is 25.8 Å². The number of aromatic nitrogens is 2. The zero-order chi connectivity index (χ0) is 14.5. The first-order valence-electron chi connectivity index (χ1n) is 6.22. The summed E-state index contributed by atoms with van der Waals surface area (Å²) in [4.78, 5) is 0. The lowest BCUT2D eigenvalue weighted by molar-refractivity contribution is 0.167. The molecule has 19 heavy (non-hydrogen) atoms. The standard InChI is InChI=1S/C11H22N4O3S/c1-4-9(2)15(5-6-18-3)19(16,17)11-10(7-12)8-13-14-11/h8-9H,4-7,12H2,1-3H3,(H,13,14). The van der Waals surface area contributed by atoms with Gasteiger partial charge in [-0.25, -0.2) is 8.42 Å². The van der Waals surface area contributed by atoms with Crippen LogP contribution in [0.25, 0.3) is 0 Å². The summed E-state index contributed by atoms with van der Waals surface area (Å²) in [5.41, 5.74) is 6.02. The van der Waals surface area contributed by atoms with Crippen molar-refractivity contribution in [3.63, 3.8) is 0 Å². The number of nitrogens with one attached hydrogen (secondary N) is 1. The van der Waals surface area contributed by atoms with E-state index in [2.05, 4.69) is 10.2 Å². The van der Waals surface area contributed by atoms with E-state index in [1.54, 1.807) is 7.11 Å². The van der Waals surface area contributed by atoms with Crippen LogP contribution in [-0.4, -0.2) is 49.2 Å². The van der Waals surface area contributed by atoms with Crippen molar-refractivity contribution >= 4 is 10.0 Å². The maximum atomic E-state index is 12.6. The fourth-order valence-corrected chi connectivity index (χ4v) is 3.56. The summed E-state index contributed by atoms with van der Waals surface area (Å²) in [6.45, 7) is 4.58. The number of ether oxygens (including phenoxy) is 1. The van der Waals surface area contributed by atoms with Crippen molar-refractivity contribution in [3.05, 3.63) is 11.8 Å². The van der Waals surface area contributed by atoms with Gasteiger partial charge in [0.2, 0.25) is 0 Å². The van der Waals surface area contributed by atoms with Crippen LogP contribution in [0, 0.1) is 0 Å². The summed E-state index contributed by atoms with van der Waals surface area (Å²) in [6.07, 6.45) is 2.16. The van der Waals surface area contributed by atoms with Crippen molar-refractivity contribution in [1.29, 1.82) is 0 Å². The van der Waals surface area contributed by atoms with Crippen molar-refractivity contribution < 1.29 is 13.2 Å². The van der Waals surface area contributed by atoms with E-state index in [0.717, 1.165) is 6.42 Å². The second-order valence-corrected chi connectivity index (χ2v) is 6.12. The molecule has 0 aliphatic heterocycles. The van der Waals surface area contributed by atoms with Gasteiger partial charge in [-0.3, -0.25) is 5.10 Å². The third-order valence-electron chi connectivity index (χ3n) is 3.06. The molecule has 110 valence electrons.